The number of aliphatic hydroxyl groups excluding tert-OH is 10. The first-order valence-corrected chi connectivity index (χ1v) is 24.5. The largest absolute Gasteiger partial charge is 0.394 e. The molecule has 19 nitrogen and oxygen atoms in total. The van der Waals surface area contributed by atoms with E-state index >= 15 is 0 Å². The molecule has 0 unspecified atom stereocenters. The maximum atomic E-state index is 12.5. The van der Waals surface area contributed by atoms with Crippen LogP contribution in [0.3, 0.4) is 0 Å². The van der Waals surface area contributed by atoms with Gasteiger partial charge in [0.2, 0.25) is 0 Å². The van der Waals surface area contributed by atoms with E-state index in [1.165, 1.54) is 6.92 Å². The summed E-state index contributed by atoms with van der Waals surface area (Å²) in [7, 11) is 0. The molecule has 0 amide bonds. The molecule has 0 aromatic heterocycles. The highest BCUT2D eigenvalue weighted by atomic mass is 16.8. The molecule has 4 saturated carbocycles. The normalized spacial score (nSPS) is 57.2. The predicted molar refractivity (Wildman–Crippen MR) is 233 cm³/mol. The lowest BCUT2D eigenvalue weighted by atomic mass is 9.35. The van der Waals surface area contributed by atoms with Gasteiger partial charge < -0.3 is 94.4 Å². The molecule has 0 aromatic rings. The third-order valence-corrected chi connectivity index (χ3v) is 19.3. The van der Waals surface area contributed by atoms with Gasteiger partial charge in [0, 0.05) is 5.41 Å². The smallest absolute Gasteiger partial charge is 0.198 e. The highest BCUT2D eigenvalue weighted by Gasteiger charge is 2.81. The molecule has 4 aliphatic heterocycles. The van der Waals surface area contributed by atoms with Crippen molar-refractivity contribution in [2.24, 2.45) is 45.3 Å². The van der Waals surface area contributed by atoms with Crippen LogP contribution < -0.4 is 0 Å². The van der Waals surface area contributed by atoms with Crippen LogP contribution in [0, 0.1) is 45.3 Å². The molecule has 27 atom stereocenters. The fourth-order valence-corrected chi connectivity index (χ4v) is 15.4. The maximum absolute atomic E-state index is 12.5. The van der Waals surface area contributed by atoms with Crippen molar-refractivity contribution >= 4 is 0 Å². The molecule has 4 saturated heterocycles. The van der Waals surface area contributed by atoms with Crippen molar-refractivity contribution in [1.82, 2.24) is 0 Å². The molecule has 0 bridgehead atoms. The van der Waals surface area contributed by atoms with Gasteiger partial charge in [-0.2, -0.15) is 0 Å². The lowest BCUT2D eigenvalue weighted by molar-refractivity contribution is -0.398. The lowest BCUT2D eigenvalue weighted by Crippen LogP contribution is -2.68. The Morgan fingerprint density at radius 2 is 1.21 bits per heavy atom. The van der Waals surface area contributed by atoms with E-state index in [4.69, 9.17) is 33.2 Å². The van der Waals surface area contributed by atoms with Crippen LogP contribution in [0.25, 0.3) is 0 Å². The molecule has 4 aliphatic carbocycles. The SMILES string of the molecule is CC(C)=CC[C@H]1O[C@]2(O)[C@@H]([C@H]3CC[C@@H]4[C@@]5(C)CC[C@H](O[C@@H]6O[C@H](CO)[C@@H](O)[C@H](O[C@@H]7O[C@H](CO)[C@@H](O)[C@H](O)[C@H]7O)[C@H]6O[C@@H]6O[C@@H](C)[C@H](O)[C@@H](O)[C@H]6O)C(C)(C)[C@H]5CC[C@@]4(C)[C@]3(C)[C@H]2O)[C@@]1(C)O. The van der Waals surface area contributed by atoms with Crippen LogP contribution in [-0.4, -0.2) is 196 Å². The highest BCUT2D eigenvalue weighted by Crippen LogP contribution is 2.78. The predicted octanol–water partition coefficient (Wildman–Crippen LogP) is -0.692. The van der Waals surface area contributed by atoms with Crippen LogP contribution in [0.5, 0.6) is 0 Å². The van der Waals surface area contributed by atoms with Gasteiger partial charge in [-0.1, -0.05) is 46.3 Å². The summed E-state index contributed by atoms with van der Waals surface area (Å²) in [6.45, 7) is 16.5. The molecule has 12 N–H and O–H groups in total. The van der Waals surface area contributed by atoms with Gasteiger partial charge in [0.05, 0.1) is 43.0 Å². The van der Waals surface area contributed by atoms with Crippen molar-refractivity contribution < 1.29 is 94.4 Å². The first-order chi connectivity index (χ1) is 31.2. The molecule has 8 fully saturated rings. The minimum atomic E-state index is -1.93. The maximum Gasteiger partial charge on any atom is 0.198 e. The van der Waals surface area contributed by atoms with E-state index in [9.17, 15) is 61.3 Å². The van der Waals surface area contributed by atoms with E-state index in [-0.39, 0.29) is 23.2 Å². The van der Waals surface area contributed by atoms with Gasteiger partial charge in [-0.15, -0.1) is 0 Å². The molecular formula is C48H80O19. The molecule has 0 radical (unpaired) electrons. The summed E-state index contributed by atoms with van der Waals surface area (Å²) in [5, 5.41) is 134. The average molecular weight is 961 g/mol. The summed E-state index contributed by atoms with van der Waals surface area (Å²) in [4.78, 5) is 0. The second-order valence-corrected chi connectivity index (χ2v) is 23.3. The Hall–Kier alpha value is -1.02. The van der Waals surface area contributed by atoms with Gasteiger partial charge in [-0.3, -0.25) is 0 Å². The first-order valence-electron chi connectivity index (χ1n) is 24.5. The van der Waals surface area contributed by atoms with Crippen molar-refractivity contribution in [3.63, 3.8) is 0 Å². The minimum Gasteiger partial charge on any atom is -0.394 e. The first kappa shape index (κ1) is 52.3. The number of fused-ring (bicyclic) bond motifs is 7. The number of hydrogen-bond acceptors (Lipinski definition) is 19. The van der Waals surface area contributed by atoms with Gasteiger partial charge in [-0.05, 0) is 107 Å². The second kappa shape index (κ2) is 18.2. The topological polar surface area (TPSA) is 307 Å². The third kappa shape index (κ3) is 7.87. The summed E-state index contributed by atoms with van der Waals surface area (Å²) < 4.78 is 43.6. The fourth-order valence-electron chi connectivity index (χ4n) is 15.4. The van der Waals surface area contributed by atoms with Crippen molar-refractivity contribution in [3.05, 3.63) is 11.6 Å². The lowest BCUT2D eigenvalue weighted by Gasteiger charge is -2.70. The Kier molecular flexibility index (Phi) is 14.2. The number of hydrogen-bond donors (Lipinski definition) is 12. The molecule has 0 spiro atoms. The van der Waals surface area contributed by atoms with Crippen LogP contribution in [0.1, 0.15) is 107 Å². The van der Waals surface area contributed by atoms with E-state index in [1.807, 2.05) is 19.9 Å². The average Bonchev–Trinajstić information content (AvgIpc) is 3.59. The van der Waals surface area contributed by atoms with Crippen LogP contribution in [-0.2, 0) is 33.2 Å². The number of allylic oxidation sites excluding steroid dienone is 1. The van der Waals surface area contributed by atoms with Crippen molar-refractivity contribution in [1.29, 1.82) is 0 Å². The highest BCUT2D eigenvalue weighted by molar-refractivity contribution is 5.27. The van der Waals surface area contributed by atoms with Crippen molar-refractivity contribution in [2.45, 2.75) is 229 Å². The van der Waals surface area contributed by atoms with Gasteiger partial charge in [0.25, 0.3) is 0 Å². The van der Waals surface area contributed by atoms with Crippen LogP contribution >= 0.6 is 0 Å². The minimum absolute atomic E-state index is 0.0373. The number of aliphatic hydroxyl groups is 12. The van der Waals surface area contributed by atoms with Crippen LogP contribution in [0.15, 0.2) is 11.6 Å². The molecular weight excluding hydrogens is 881 g/mol. The molecule has 386 valence electrons. The molecule has 19 heteroatoms. The van der Waals surface area contributed by atoms with E-state index < -0.39 is 157 Å². The summed E-state index contributed by atoms with van der Waals surface area (Å²) in [6, 6.07) is 0. The Bertz CT molecular complexity index is 1800. The van der Waals surface area contributed by atoms with Gasteiger partial charge in [-0.25, -0.2) is 0 Å². The second-order valence-electron chi connectivity index (χ2n) is 23.3. The number of ether oxygens (including phenoxy) is 7. The van der Waals surface area contributed by atoms with Crippen LogP contribution in [0.2, 0.25) is 0 Å². The monoisotopic (exact) mass is 961 g/mol. The number of rotatable bonds is 10. The van der Waals surface area contributed by atoms with E-state index in [0.717, 1.165) is 18.4 Å². The zero-order valence-electron chi connectivity index (χ0n) is 40.4. The quantitative estimate of drug-likeness (QED) is 0.0953. The molecule has 4 heterocycles. The molecule has 0 aromatic carbocycles. The van der Waals surface area contributed by atoms with E-state index in [1.54, 1.807) is 6.92 Å². The molecule has 8 rings (SSSR count). The Labute approximate surface area is 392 Å². The van der Waals surface area contributed by atoms with Crippen molar-refractivity contribution in [3.8, 4) is 0 Å². The summed E-state index contributed by atoms with van der Waals surface area (Å²) >= 11 is 0. The Morgan fingerprint density at radius 3 is 1.84 bits per heavy atom. The van der Waals surface area contributed by atoms with Crippen molar-refractivity contribution in [2.75, 3.05) is 13.2 Å². The molecule has 67 heavy (non-hydrogen) atoms. The molecule has 8 aliphatic rings. The van der Waals surface area contributed by atoms with E-state index in [2.05, 4.69) is 34.6 Å². The summed E-state index contributed by atoms with van der Waals surface area (Å²) in [5.41, 5.74) is -2.50. The fraction of sp³-hybridized carbons (Fsp3) is 0.958. The Balaban J connectivity index is 1.08. The van der Waals surface area contributed by atoms with Gasteiger partial charge in [0.1, 0.15) is 73.2 Å². The zero-order chi connectivity index (χ0) is 49.3. The zero-order valence-corrected chi connectivity index (χ0v) is 40.4. The van der Waals surface area contributed by atoms with Gasteiger partial charge >= 0.3 is 0 Å². The van der Waals surface area contributed by atoms with Crippen LogP contribution in [0.4, 0.5) is 0 Å². The van der Waals surface area contributed by atoms with E-state index in [0.29, 0.717) is 32.1 Å². The Morgan fingerprint density at radius 1 is 0.627 bits per heavy atom. The third-order valence-electron chi connectivity index (χ3n) is 19.3. The standard InChI is InChI=1S/C48H80O19/c1-20(2)10-13-28-47(9,59)38-22-11-12-26-44(6)16-15-27(43(4,5)25(44)14-17-45(26,7)46(22,8)42(58)48(38,60)67-28)64-41-37(66-39-34(56)32(54)29(51)21(3)61-39)36(31(53)24(19-50)63-41)65-40-35(57)33(55)30(52)23(18-49)62-40/h10,21-42,49-60H,11-19H2,1-9H3/t21-,22+,23+,24+,25+,26+,27-,28+,29-,30+,31+,32+,33-,34+,35+,36-,37+,38-,39-,40-,41-,42+,44-,45+,46-,47-,48+/m0/s1. The summed E-state index contributed by atoms with van der Waals surface area (Å²) in [6.07, 6.45) is -20.1. The van der Waals surface area contributed by atoms with Gasteiger partial charge in [0.15, 0.2) is 24.7 Å². The summed E-state index contributed by atoms with van der Waals surface area (Å²) in [5.74, 6) is -2.72.